The minimum absolute atomic E-state index is 0.608. The van der Waals surface area contributed by atoms with E-state index in [-0.39, 0.29) is 0 Å². The Morgan fingerprint density at radius 2 is 1.94 bits per heavy atom. The highest BCUT2D eigenvalue weighted by Crippen LogP contribution is 2.11. The van der Waals surface area contributed by atoms with Gasteiger partial charge < -0.3 is 15.4 Å². The van der Waals surface area contributed by atoms with Crippen LogP contribution in [0.2, 0.25) is 0 Å². The van der Waals surface area contributed by atoms with Crippen molar-refractivity contribution in [1.29, 1.82) is 0 Å². The molecule has 0 radical (unpaired) electrons. The van der Waals surface area contributed by atoms with Crippen LogP contribution in [0.1, 0.15) is 18.4 Å². The average Bonchev–Trinajstić information content (AvgIpc) is 2.92. The van der Waals surface area contributed by atoms with Crippen molar-refractivity contribution in [1.82, 2.24) is 4.90 Å². The van der Waals surface area contributed by atoms with Crippen LogP contribution in [0, 0.1) is 0 Å². The van der Waals surface area contributed by atoms with Gasteiger partial charge in [0.2, 0.25) is 0 Å². The summed E-state index contributed by atoms with van der Waals surface area (Å²) in [6, 6.07) is 7.68. The Labute approximate surface area is 108 Å². The van der Waals surface area contributed by atoms with Gasteiger partial charge in [0.25, 0.3) is 0 Å². The molecule has 0 bridgehead atoms. The van der Waals surface area contributed by atoms with E-state index in [1.165, 1.54) is 25.9 Å². The lowest BCUT2D eigenvalue weighted by atomic mass is 10.2. The van der Waals surface area contributed by atoms with E-state index < -0.39 is 0 Å². The first-order valence-electron chi connectivity index (χ1n) is 6.46. The van der Waals surface area contributed by atoms with Crippen molar-refractivity contribution in [3.63, 3.8) is 0 Å². The first-order valence-corrected chi connectivity index (χ1v) is 6.46. The molecule has 4 nitrogen and oxygen atoms in total. The molecule has 0 amide bonds. The molecule has 1 saturated heterocycles. The highest BCUT2D eigenvalue weighted by Gasteiger charge is 2.10. The second kappa shape index (κ2) is 6.40. The van der Waals surface area contributed by atoms with Gasteiger partial charge in [0, 0.05) is 12.1 Å². The highest BCUT2D eigenvalue weighted by molar-refractivity contribution is 5.97. The van der Waals surface area contributed by atoms with Gasteiger partial charge in [0.05, 0.1) is 13.7 Å². The molecule has 1 heterocycles. The van der Waals surface area contributed by atoms with E-state index in [0.29, 0.717) is 5.84 Å². The molecule has 2 rings (SSSR count). The molecule has 0 atom stereocenters. The number of rotatable bonds is 5. The zero-order valence-electron chi connectivity index (χ0n) is 10.9. The second-order valence-electron chi connectivity index (χ2n) is 4.54. The summed E-state index contributed by atoms with van der Waals surface area (Å²) in [6.45, 7) is 4.20. The van der Waals surface area contributed by atoms with Gasteiger partial charge in [-0.05, 0) is 50.2 Å². The number of benzene rings is 1. The van der Waals surface area contributed by atoms with Crippen molar-refractivity contribution in [2.75, 3.05) is 33.3 Å². The van der Waals surface area contributed by atoms with E-state index >= 15 is 0 Å². The summed E-state index contributed by atoms with van der Waals surface area (Å²) in [7, 11) is 1.66. The van der Waals surface area contributed by atoms with Gasteiger partial charge in [-0.15, -0.1) is 0 Å². The molecule has 98 valence electrons. The topological polar surface area (TPSA) is 50.9 Å². The van der Waals surface area contributed by atoms with Crippen LogP contribution in [-0.4, -0.2) is 44.0 Å². The van der Waals surface area contributed by atoms with Crippen LogP contribution in [0.3, 0.4) is 0 Å². The molecule has 0 aromatic heterocycles. The van der Waals surface area contributed by atoms with E-state index in [1.54, 1.807) is 7.11 Å². The standard InChI is InChI=1S/C14H21N3O/c1-18-13-6-4-12(5-7-13)14(15)16-8-11-17-9-2-3-10-17/h4-7H,2-3,8-11H2,1H3,(H2,15,16). The van der Waals surface area contributed by atoms with Gasteiger partial charge in [0.1, 0.15) is 11.6 Å². The Hall–Kier alpha value is -1.55. The van der Waals surface area contributed by atoms with Gasteiger partial charge in [-0.3, -0.25) is 4.99 Å². The number of likely N-dealkylation sites (tertiary alicyclic amines) is 1. The van der Waals surface area contributed by atoms with Crippen molar-refractivity contribution in [2.24, 2.45) is 10.7 Å². The molecule has 1 aromatic rings. The highest BCUT2D eigenvalue weighted by atomic mass is 16.5. The molecule has 4 heteroatoms. The fourth-order valence-corrected chi connectivity index (χ4v) is 2.17. The van der Waals surface area contributed by atoms with Crippen LogP contribution >= 0.6 is 0 Å². The monoisotopic (exact) mass is 247 g/mol. The number of hydrogen-bond acceptors (Lipinski definition) is 3. The molecule has 0 spiro atoms. The minimum atomic E-state index is 0.608. The average molecular weight is 247 g/mol. The van der Waals surface area contributed by atoms with Gasteiger partial charge in [-0.2, -0.15) is 0 Å². The van der Waals surface area contributed by atoms with Crippen LogP contribution in [0.4, 0.5) is 0 Å². The molecule has 1 aliphatic heterocycles. The van der Waals surface area contributed by atoms with E-state index in [4.69, 9.17) is 10.5 Å². The Morgan fingerprint density at radius 1 is 1.28 bits per heavy atom. The molecule has 1 fully saturated rings. The normalized spacial score (nSPS) is 17.1. The summed E-state index contributed by atoms with van der Waals surface area (Å²) in [6.07, 6.45) is 2.63. The maximum absolute atomic E-state index is 5.96. The van der Waals surface area contributed by atoms with Crippen molar-refractivity contribution < 1.29 is 4.74 Å². The first-order chi connectivity index (χ1) is 8.79. The summed E-state index contributed by atoms with van der Waals surface area (Å²) < 4.78 is 5.11. The third-order valence-electron chi connectivity index (χ3n) is 3.28. The lowest BCUT2D eigenvalue weighted by molar-refractivity contribution is 0.349. The number of nitrogens with two attached hydrogens (primary N) is 1. The quantitative estimate of drug-likeness (QED) is 0.633. The predicted octanol–water partition coefficient (Wildman–Crippen LogP) is 1.50. The first kappa shape index (κ1) is 12.9. The number of ether oxygens (including phenoxy) is 1. The Balaban J connectivity index is 1.86. The third kappa shape index (κ3) is 3.47. The Bertz CT molecular complexity index is 394. The number of methoxy groups -OCH3 is 1. The lowest BCUT2D eigenvalue weighted by Gasteiger charge is -2.12. The maximum Gasteiger partial charge on any atom is 0.125 e. The molecule has 1 aliphatic rings. The predicted molar refractivity (Wildman–Crippen MR) is 74.3 cm³/mol. The summed E-state index contributed by atoms with van der Waals surface area (Å²) in [5.41, 5.74) is 6.92. The summed E-state index contributed by atoms with van der Waals surface area (Å²) in [5.74, 6) is 1.44. The van der Waals surface area contributed by atoms with Crippen molar-refractivity contribution >= 4 is 5.84 Å². The van der Waals surface area contributed by atoms with Crippen LogP contribution in [0.5, 0.6) is 5.75 Å². The van der Waals surface area contributed by atoms with Gasteiger partial charge in [-0.25, -0.2) is 0 Å². The third-order valence-corrected chi connectivity index (χ3v) is 3.28. The maximum atomic E-state index is 5.96. The zero-order chi connectivity index (χ0) is 12.8. The van der Waals surface area contributed by atoms with Gasteiger partial charge in [0.15, 0.2) is 0 Å². The second-order valence-corrected chi connectivity index (χ2v) is 4.54. The molecule has 0 saturated carbocycles. The van der Waals surface area contributed by atoms with E-state index in [9.17, 15) is 0 Å². The smallest absolute Gasteiger partial charge is 0.125 e. The molecule has 2 N–H and O–H groups in total. The van der Waals surface area contributed by atoms with Crippen LogP contribution in [-0.2, 0) is 0 Å². The van der Waals surface area contributed by atoms with Crippen LogP contribution in [0.25, 0.3) is 0 Å². The van der Waals surface area contributed by atoms with E-state index in [2.05, 4.69) is 9.89 Å². The molecular formula is C14H21N3O. The van der Waals surface area contributed by atoms with E-state index in [1.807, 2.05) is 24.3 Å². The van der Waals surface area contributed by atoms with Crippen molar-refractivity contribution in [3.8, 4) is 5.75 Å². The molecule has 0 unspecified atom stereocenters. The minimum Gasteiger partial charge on any atom is -0.497 e. The van der Waals surface area contributed by atoms with Crippen LogP contribution < -0.4 is 10.5 Å². The Morgan fingerprint density at radius 3 is 2.56 bits per heavy atom. The molecule has 0 aliphatic carbocycles. The Kier molecular flexibility index (Phi) is 4.59. The van der Waals surface area contributed by atoms with Crippen molar-refractivity contribution in [3.05, 3.63) is 29.8 Å². The molecular weight excluding hydrogens is 226 g/mol. The van der Waals surface area contributed by atoms with Crippen LogP contribution in [0.15, 0.2) is 29.3 Å². The van der Waals surface area contributed by atoms with E-state index in [0.717, 1.165) is 24.4 Å². The van der Waals surface area contributed by atoms with Gasteiger partial charge >= 0.3 is 0 Å². The molecule has 18 heavy (non-hydrogen) atoms. The summed E-state index contributed by atoms with van der Waals surface area (Å²) >= 11 is 0. The van der Waals surface area contributed by atoms with Crippen molar-refractivity contribution in [2.45, 2.75) is 12.8 Å². The van der Waals surface area contributed by atoms with Gasteiger partial charge in [-0.1, -0.05) is 0 Å². The number of nitrogens with zero attached hydrogens (tertiary/aromatic N) is 2. The largest absolute Gasteiger partial charge is 0.497 e. The zero-order valence-corrected chi connectivity index (χ0v) is 10.9. The lowest BCUT2D eigenvalue weighted by Crippen LogP contribution is -2.24. The number of amidine groups is 1. The summed E-state index contributed by atoms with van der Waals surface area (Å²) in [5, 5.41) is 0. The fourth-order valence-electron chi connectivity index (χ4n) is 2.17. The summed E-state index contributed by atoms with van der Waals surface area (Å²) in [4.78, 5) is 6.86. The number of aliphatic imine (C=N–C) groups is 1. The molecule has 1 aromatic carbocycles. The fraction of sp³-hybridized carbons (Fsp3) is 0.500. The number of hydrogen-bond donors (Lipinski definition) is 1. The SMILES string of the molecule is COc1ccc(C(N)=NCCN2CCCC2)cc1.